The zero-order valence-electron chi connectivity index (χ0n) is 12.9. The lowest BCUT2D eigenvalue weighted by Crippen LogP contribution is -2.24. The Morgan fingerprint density at radius 2 is 1.81 bits per heavy atom. The number of fused-ring (bicyclic) bond motifs is 1. The van der Waals surface area contributed by atoms with E-state index in [1.807, 2.05) is 6.92 Å². The average Bonchev–Trinajstić information content (AvgIpc) is 2.72. The van der Waals surface area contributed by atoms with Gasteiger partial charge in [0.15, 0.2) is 0 Å². The molecule has 2 heterocycles. The predicted molar refractivity (Wildman–Crippen MR) is 85.7 cm³/mol. The van der Waals surface area contributed by atoms with Gasteiger partial charge in [-0.3, -0.25) is 4.90 Å². The summed E-state index contributed by atoms with van der Waals surface area (Å²) in [5, 5.41) is 1.09. The second-order valence-corrected chi connectivity index (χ2v) is 6.17. The molecule has 2 aromatic rings. The van der Waals surface area contributed by atoms with Crippen LogP contribution in [-0.4, -0.2) is 18.0 Å². The number of hydrogen-bond acceptors (Lipinski definition) is 3. The molecular formula is C18H23NO2. The summed E-state index contributed by atoms with van der Waals surface area (Å²) >= 11 is 0. The van der Waals surface area contributed by atoms with Crippen LogP contribution in [0.15, 0.2) is 27.4 Å². The Morgan fingerprint density at radius 3 is 2.52 bits per heavy atom. The van der Waals surface area contributed by atoms with E-state index >= 15 is 0 Å². The standard InChI is InChI=1S/C18H23NO2/c1-13-7-8-16-15(11-17(20)21-18(16)14(13)2)12-19-9-5-3-4-6-10-19/h7-8,11H,3-6,9-10,12H2,1-2H3. The van der Waals surface area contributed by atoms with E-state index in [4.69, 9.17) is 4.42 Å². The topological polar surface area (TPSA) is 33.5 Å². The fourth-order valence-corrected chi connectivity index (χ4v) is 3.19. The summed E-state index contributed by atoms with van der Waals surface area (Å²) in [4.78, 5) is 14.4. The molecule has 0 unspecified atom stereocenters. The fraction of sp³-hybridized carbons (Fsp3) is 0.500. The van der Waals surface area contributed by atoms with Gasteiger partial charge in [-0.25, -0.2) is 4.79 Å². The number of rotatable bonds is 2. The minimum atomic E-state index is -0.235. The minimum absolute atomic E-state index is 0.235. The summed E-state index contributed by atoms with van der Waals surface area (Å²) in [7, 11) is 0. The van der Waals surface area contributed by atoms with Crippen LogP contribution in [0.25, 0.3) is 11.0 Å². The van der Waals surface area contributed by atoms with Gasteiger partial charge in [-0.15, -0.1) is 0 Å². The van der Waals surface area contributed by atoms with Gasteiger partial charge in [-0.2, -0.15) is 0 Å². The smallest absolute Gasteiger partial charge is 0.336 e. The van der Waals surface area contributed by atoms with Gasteiger partial charge in [-0.1, -0.05) is 25.0 Å². The maximum atomic E-state index is 11.9. The van der Waals surface area contributed by atoms with Crippen LogP contribution < -0.4 is 5.63 Å². The summed E-state index contributed by atoms with van der Waals surface area (Å²) in [6, 6.07) is 5.87. The van der Waals surface area contributed by atoms with E-state index in [-0.39, 0.29) is 5.63 Å². The second kappa shape index (κ2) is 6.02. The molecule has 1 aromatic carbocycles. The lowest BCUT2D eigenvalue weighted by atomic mass is 10.0. The van der Waals surface area contributed by atoms with E-state index in [9.17, 15) is 4.79 Å². The molecule has 0 amide bonds. The SMILES string of the molecule is Cc1ccc2c(CN3CCCCCC3)cc(=O)oc2c1C. The summed E-state index contributed by atoms with van der Waals surface area (Å²) < 4.78 is 5.45. The van der Waals surface area contributed by atoms with Crippen molar-refractivity contribution in [2.24, 2.45) is 0 Å². The van der Waals surface area contributed by atoms with Crippen LogP contribution in [0.4, 0.5) is 0 Å². The third kappa shape index (κ3) is 3.03. The first-order valence-corrected chi connectivity index (χ1v) is 7.90. The Hall–Kier alpha value is -1.61. The highest BCUT2D eigenvalue weighted by Gasteiger charge is 2.14. The maximum absolute atomic E-state index is 11.9. The van der Waals surface area contributed by atoms with Crippen molar-refractivity contribution >= 4 is 11.0 Å². The molecule has 21 heavy (non-hydrogen) atoms. The van der Waals surface area contributed by atoms with Gasteiger partial charge < -0.3 is 4.42 Å². The molecular weight excluding hydrogens is 262 g/mol. The van der Waals surface area contributed by atoms with Gasteiger partial charge in [0.1, 0.15) is 5.58 Å². The molecule has 1 aliphatic heterocycles. The molecule has 0 N–H and O–H groups in total. The van der Waals surface area contributed by atoms with Crippen molar-refractivity contribution < 1.29 is 4.42 Å². The lowest BCUT2D eigenvalue weighted by Gasteiger charge is -2.20. The summed E-state index contributed by atoms with van der Waals surface area (Å²) in [5.41, 5.74) is 3.86. The van der Waals surface area contributed by atoms with E-state index in [0.29, 0.717) is 0 Å². The Bertz CT molecular complexity index is 694. The number of aryl methyl sites for hydroxylation is 2. The van der Waals surface area contributed by atoms with Gasteiger partial charge in [-0.05, 0) is 56.5 Å². The monoisotopic (exact) mass is 285 g/mol. The second-order valence-electron chi connectivity index (χ2n) is 6.17. The van der Waals surface area contributed by atoms with Crippen LogP contribution >= 0.6 is 0 Å². The summed E-state index contributed by atoms with van der Waals surface area (Å²) in [6.07, 6.45) is 5.17. The predicted octanol–water partition coefficient (Wildman–Crippen LogP) is 3.79. The fourth-order valence-electron chi connectivity index (χ4n) is 3.19. The average molecular weight is 285 g/mol. The number of nitrogens with zero attached hydrogens (tertiary/aromatic N) is 1. The van der Waals surface area contributed by atoms with Crippen LogP contribution in [0.1, 0.15) is 42.4 Å². The van der Waals surface area contributed by atoms with Gasteiger partial charge >= 0.3 is 5.63 Å². The molecule has 3 heteroatoms. The molecule has 1 aliphatic rings. The van der Waals surface area contributed by atoms with Crippen molar-refractivity contribution in [3.05, 3.63) is 45.3 Å². The molecule has 1 aromatic heterocycles. The zero-order valence-corrected chi connectivity index (χ0v) is 12.9. The van der Waals surface area contributed by atoms with Gasteiger partial charge in [0, 0.05) is 18.0 Å². The lowest BCUT2D eigenvalue weighted by molar-refractivity contribution is 0.277. The third-order valence-corrected chi connectivity index (χ3v) is 4.61. The maximum Gasteiger partial charge on any atom is 0.336 e. The van der Waals surface area contributed by atoms with Crippen molar-refractivity contribution in [1.29, 1.82) is 0 Å². The van der Waals surface area contributed by atoms with Crippen LogP contribution in [-0.2, 0) is 6.54 Å². The van der Waals surface area contributed by atoms with Crippen molar-refractivity contribution in [2.45, 2.75) is 46.1 Å². The zero-order chi connectivity index (χ0) is 14.8. The highest BCUT2D eigenvalue weighted by Crippen LogP contribution is 2.24. The number of hydrogen-bond donors (Lipinski definition) is 0. The van der Waals surface area contributed by atoms with Gasteiger partial charge in [0.2, 0.25) is 0 Å². The molecule has 0 bridgehead atoms. The van der Waals surface area contributed by atoms with E-state index in [2.05, 4.69) is 24.0 Å². The summed E-state index contributed by atoms with van der Waals surface area (Å²) in [6.45, 7) is 7.19. The molecule has 0 spiro atoms. The highest BCUT2D eigenvalue weighted by atomic mass is 16.4. The van der Waals surface area contributed by atoms with Crippen LogP contribution in [0, 0.1) is 13.8 Å². The Labute approximate surface area is 125 Å². The molecule has 0 radical (unpaired) electrons. The van der Waals surface area contributed by atoms with Crippen molar-refractivity contribution in [2.75, 3.05) is 13.1 Å². The van der Waals surface area contributed by atoms with E-state index in [1.165, 1.54) is 25.7 Å². The Kier molecular flexibility index (Phi) is 4.11. The Morgan fingerprint density at radius 1 is 1.10 bits per heavy atom. The number of likely N-dealkylation sites (tertiary alicyclic amines) is 1. The van der Waals surface area contributed by atoms with E-state index in [1.54, 1.807) is 6.07 Å². The third-order valence-electron chi connectivity index (χ3n) is 4.61. The normalized spacial score (nSPS) is 17.0. The van der Waals surface area contributed by atoms with E-state index in [0.717, 1.165) is 47.3 Å². The quantitative estimate of drug-likeness (QED) is 0.787. The largest absolute Gasteiger partial charge is 0.422 e. The van der Waals surface area contributed by atoms with Crippen molar-refractivity contribution in [1.82, 2.24) is 4.90 Å². The van der Waals surface area contributed by atoms with Crippen LogP contribution in [0.2, 0.25) is 0 Å². The highest BCUT2D eigenvalue weighted by molar-refractivity contribution is 5.83. The first-order chi connectivity index (χ1) is 10.1. The molecule has 0 saturated carbocycles. The van der Waals surface area contributed by atoms with Crippen LogP contribution in [0.5, 0.6) is 0 Å². The molecule has 112 valence electrons. The van der Waals surface area contributed by atoms with Crippen LogP contribution in [0.3, 0.4) is 0 Å². The Balaban J connectivity index is 2.01. The molecule has 0 aliphatic carbocycles. The molecule has 1 saturated heterocycles. The number of benzene rings is 1. The van der Waals surface area contributed by atoms with Crippen molar-refractivity contribution in [3.63, 3.8) is 0 Å². The molecule has 3 nitrogen and oxygen atoms in total. The summed E-state index contributed by atoms with van der Waals surface area (Å²) in [5.74, 6) is 0. The van der Waals surface area contributed by atoms with Gasteiger partial charge in [0.25, 0.3) is 0 Å². The first-order valence-electron chi connectivity index (χ1n) is 7.90. The molecule has 3 rings (SSSR count). The molecule has 0 atom stereocenters. The molecule has 1 fully saturated rings. The van der Waals surface area contributed by atoms with Crippen molar-refractivity contribution in [3.8, 4) is 0 Å². The first kappa shape index (κ1) is 14.3. The van der Waals surface area contributed by atoms with E-state index < -0.39 is 0 Å². The van der Waals surface area contributed by atoms with Gasteiger partial charge in [0.05, 0.1) is 0 Å². The minimum Gasteiger partial charge on any atom is -0.422 e.